The summed E-state index contributed by atoms with van der Waals surface area (Å²) in [4.78, 5) is 17.3. The van der Waals surface area contributed by atoms with Gasteiger partial charge in [-0.05, 0) is 65.7 Å². The van der Waals surface area contributed by atoms with Gasteiger partial charge in [-0.2, -0.15) is 4.98 Å². The van der Waals surface area contributed by atoms with Crippen LogP contribution in [0, 0.1) is 0 Å². The maximum atomic E-state index is 12.8. The molecular weight excluding hydrogens is 501 g/mol. The van der Waals surface area contributed by atoms with Crippen LogP contribution in [-0.2, 0) is 0 Å². The van der Waals surface area contributed by atoms with Crippen molar-refractivity contribution < 1.29 is 14.3 Å². The molecule has 1 aliphatic rings. The van der Waals surface area contributed by atoms with Gasteiger partial charge in [-0.15, -0.1) is 17.5 Å². The molecule has 0 radical (unpaired) electrons. The average molecular weight is 524 g/mol. The van der Waals surface area contributed by atoms with Crippen LogP contribution in [0.3, 0.4) is 0 Å². The molecule has 0 fully saturated rings. The number of carbonyl (C=O) groups excluding carboxylic acids is 1. The molecule has 10 heteroatoms. The third kappa shape index (κ3) is 5.15. The molecule has 4 aromatic rings. The van der Waals surface area contributed by atoms with Crippen LogP contribution >= 0.6 is 24.0 Å². The molecule has 0 saturated carbocycles. The minimum absolute atomic E-state index is 0. The van der Waals surface area contributed by atoms with Gasteiger partial charge < -0.3 is 14.8 Å². The monoisotopic (exact) mass is 523 g/mol. The van der Waals surface area contributed by atoms with E-state index in [1.54, 1.807) is 43.2 Å². The minimum Gasteiger partial charge on any atom is -0.497 e. The Morgan fingerprint density at radius 2 is 1.56 bits per heavy atom. The zero-order chi connectivity index (χ0) is 24.4. The molecule has 0 spiro atoms. The van der Waals surface area contributed by atoms with Crippen LogP contribution in [-0.4, -0.2) is 34.9 Å². The van der Waals surface area contributed by atoms with Crippen LogP contribution in [0.2, 0.25) is 5.02 Å². The highest BCUT2D eigenvalue weighted by Crippen LogP contribution is 2.34. The largest absolute Gasteiger partial charge is 0.497 e. The van der Waals surface area contributed by atoms with Crippen molar-refractivity contribution in [3.8, 4) is 11.5 Å². The second-order valence-corrected chi connectivity index (χ2v) is 8.25. The third-order valence-electron chi connectivity index (χ3n) is 5.66. The molecule has 0 saturated heterocycles. The number of methoxy groups -OCH3 is 2. The lowest BCUT2D eigenvalue weighted by molar-refractivity contribution is 0.102. The molecular formula is C26H23Cl2N5O3. The fourth-order valence-corrected chi connectivity index (χ4v) is 3.92. The number of benzene rings is 3. The first-order chi connectivity index (χ1) is 17.0. The summed E-state index contributed by atoms with van der Waals surface area (Å²) in [6.07, 6.45) is 2.06. The maximum absolute atomic E-state index is 12.8. The van der Waals surface area contributed by atoms with Crippen LogP contribution < -0.4 is 20.1 Å². The second kappa shape index (κ2) is 10.7. The number of nitrogens with zero attached hydrogens (tertiary/aromatic N) is 3. The highest BCUT2D eigenvalue weighted by atomic mass is 35.5. The molecule has 184 valence electrons. The predicted molar refractivity (Wildman–Crippen MR) is 142 cm³/mol. The first-order valence-corrected chi connectivity index (χ1v) is 11.2. The van der Waals surface area contributed by atoms with Crippen molar-refractivity contribution in [2.45, 2.75) is 6.04 Å². The summed E-state index contributed by atoms with van der Waals surface area (Å²) in [5.41, 5.74) is 3.26. The maximum Gasteiger partial charge on any atom is 0.258 e. The van der Waals surface area contributed by atoms with E-state index in [9.17, 15) is 4.79 Å². The lowest BCUT2D eigenvalue weighted by Crippen LogP contribution is -2.20. The number of hydrogen-bond acceptors (Lipinski definition) is 6. The van der Waals surface area contributed by atoms with Crippen LogP contribution in [0.5, 0.6) is 11.5 Å². The van der Waals surface area contributed by atoms with Crippen molar-refractivity contribution in [1.82, 2.24) is 14.8 Å². The second-order valence-electron chi connectivity index (χ2n) is 7.82. The van der Waals surface area contributed by atoms with E-state index in [1.165, 1.54) is 0 Å². The van der Waals surface area contributed by atoms with Gasteiger partial charge in [0, 0.05) is 16.3 Å². The molecule has 1 aliphatic heterocycles. The summed E-state index contributed by atoms with van der Waals surface area (Å²) >= 11 is 6.08. The quantitative estimate of drug-likeness (QED) is 0.338. The van der Waals surface area contributed by atoms with E-state index < -0.39 is 0 Å². The van der Waals surface area contributed by atoms with Gasteiger partial charge in [-0.1, -0.05) is 35.9 Å². The Morgan fingerprint density at radius 1 is 0.944 bits per heavy atom. The van der Waals surface area contributed by atoms with E-state index in [4.69, 9.17) is 21.1 Å². The van der Waals surface area contributed by atoms with E-state index in [1.807, 2.05) is 48.5 Å². The normalized spacial score (nSPS) is 14.0. The molecule has 2 N–H and O–H groups in total. The van der Waals surface area contributed by atoms with Gasteiger partial charge in [0.1, 0.15) is 17.5 Å². The van der Waals surface area contributed by atoms with Gasteiger partial charge in [0.05, 0.1) is 14.2 Å². The summed E-state index contributed by atoms with van der Waals surface area (Å²) in [7, 11) is 3.21. The third-order valence-corrected chi connectivity index (χ3v) is 5.91. The predicted octanol–water partition coefficient (Wildman–Crippen LogP) is 5.68. The smallest absolute Gasteiger partial charge is 0.258 e. The molecule has 3 aromatic carbocycles. The Morgan fingerprint density at radius 3 is 2.17 bits per heavy atom. The van der Waals surface area contributed by atoms with Crippen molar-refractivity contribution in [3.05, 3.63) is 101 Å². The number of halogens is 2. The molecule has 8 nitrogen and oxygen atoms in total. The van der Waals surface area contributed by atoms with Gasteiger partial charge in [0.15, 0.2) is 0 Å². The Kier molecular flexibility index (Phi) is 7.47. The molecule has 0 aliphatic carbocycles. The van der Waals surface area contributed by atoms with Gasteiger partial charge >= 0.3 is 0 Å². The molecule has 1 aromatic heterocycles. The van der Waals surface area contributed by atoms with E-state index in [-0.39, 0.29) is 30.3 Å². The number of allylic oxidation sites excluding steroid dienone is 1. The summed E-state index contributed by atoms with van der Waals surface area (Å²) in [5.74, 6) is 1.81. The minimum atomic E-state index is -0.317. The number of anilines is 2. The van der Waals surface area contributed by atoms with Crippen molar-refractivity contribution in [3.63, 3.8) is 0 Å². The zero-order valence-electron chi connectivity index (χ0n) is 19.4. The van der Waals surface area contributed by atoms with Crippen LogP contribution in [0.1, 0.15) is 27.5 Å². The standard InChI is InChI=1S/C26H22ClN5O3.ClH/c1-34-20-11-5-17(6-12-20)23-15-22(16-3-9-19(27)10-4-16)28-26-30-25(31-32(23)26)29-24(33)18-7-13-21(35-2)14-8-18;/h3-15,23H,1-2H3,(H2,28,29,30,31,33);1H. The summed E-state index contributed by atoms with van der Waals surface area (Å²) in [6.45, 7) is 0. The molecule has 36 heavy (non-hydrogen) atoms. The van der Waals surface area contributed by atoms with Gasteiger partial charge in [0.2, 0.25) is 5.95 Å². The number of nitrogens with one attached hydrogen (secondary N) is 2. The first-order valence-electron chi connectivity index (χ1n) is 10.8. The van der Waals surface area contributed by atoms with Crippen LogP contribution in [0.15, 0.2) is 78.9 Å². The summed E-state index contributed by atoms with van der Waals surface area (Å²) < 4.78 is 12.2. The highest BCUT2D eigenvalue weighted by molar-refractivity contribution is 6.30. The number of ether oxygens (including phenoxy) is 2. The Bertz CT molecular complexity index is 1380. The molecule has 1 atom stereocenters. The topological polar surface area (TPSA) is 90.3 Å². The van der Waals surface area contributed by atoms with Crippen molar-refractivity contribution in [2.24, 2.45) is 0 Å². The lowest BCUT2D eigenvalue weighted by Gasteiger charge is -2.24. The first kappa shape index (κ1) is 25.1. The Hall–Kier alpha value is -4.01. The number of amides is 1. The van der Waals surface area contributed by atoms with Gasteiger partial charge in [0.25, 0.3) is 11.9 Å². The van der Waals surface area contributed by atoms with E-state index in [2.05, 4.69) is 26.8 Å². The fourth-order valence-electron chi connectivity index (χ4n) is 3.80. The molecule has 2 heterocycles. The highest BCUT2D eigenvalue weighted by Gasteiger charge is 2.26. The molecule has 5 rings (SSSR count). The Balaban J connectivity index is 0.00000304. The fraction of sp³-hybridized carbons (Fsp3) is 0.115. The number of rotatable bonds is 6. The summed E-state index contributed by atoms with van der Waals surface area (Å²) in [6, 6.07) is 21.9. The number of carbonyl (C=O) groups is 1. The SMILES string of the molecule is COc1ccc(C(=O)Nc2nc3n(n2)C(c2ccc(OC)cc2)C=C(c2ccc(Cl)cc2)N3)cc1.Cl. The van der Waals surface area contributed by atoms with Crippen LogP contribution in [0.25, 0.3) is 5.70 Å². The lowest BCUT2D eigenvalue weighted by atomic mass is 10.0. The average Bonchev–Trinajstić information content (AvgIpc) is 3.31. The van der Waals surface area contributed by atoms with Crippen molar-refractivity contribution in [2.75, 3.05) is 24.9 Å². The summed E-state index contributed by atoms with van der Waals surface area (Å²) in [5, 5.41) is 11.3. The van der Waals surface area contributed by atoms with Gasteiger partial charge in [-0.3, -0.25) is 10.1 Å². The van der Waals surface area contributed by atoms with Crippen LogP contribution in [0.4, 0.5) is 11.9 Å². The molecule has 1 unspecified atom stereocenters. The number of hydrogen-bond donors (Lipinski definition) is 2. The molecule has 0 bridgehead atoms. The molecule has 1 amide bonds. The van der Waals surface area contributed by atoms with E-state index in [0.29, 0.717) is 22.3 Å². The zero-order valence-corrected chi connectivity index (χ0v) is 21.0. The van der Waals surface area contributed by atoms with E-state index in [0.717, 1.165) is 22.6 Å². The van der Waals surface area contributed by atoms with Crippen molar-refractivity contribution >= 4 is 47.5 Å². The number of fused-ring (bicyclic) bond motifs is 1. The van der Waals surface area contributed by atoms with E-state index >= 15 is 0 Å². The van der Waals surface area contributed by atoms with Crippen molar-refractivity contribution in [1.29, 1.82) is 0 Å². The Labute approximate surface area is 219 Å². The van der Waals surface area contributed by atoms with Gasteiger partial charge in [-0.25, -0.2) is 4.68 Å². The number of aromatic nitrogens is 3.